The van der Waals surface area contributed by atoms with E-state index < -0.39 is 0 Å². The third kappa shape index (κ3) is 2.48. The number of hydrogen-bond donors (Lipinski definition) is 1. The molecule has 1 aromatic carbocycles. The van der Waals surface area contributed by atoms with Crippen LogP contribution in [0.2, 0.25) is 0 Å². The molecular formula is C13H14FNO. The molecule has 2 nitrogen and oxygen atoms in total. The van der Waals surface area contributed by atoms with Gasteiger partial charge in [-0.2, -0.15) is 0 Å². The van der Waals surface area contributed by atoms with E-state index in [1.54, 1.807) is 18.2 Å². The molecule has 2 rings (SSSR count). The lowest BCUT2D eigenvalue weighted by Crippen LogP contribution is -2.24. The zero-order chi connectivity index (χ0) is 11.4. The van der Waals surface area contributed by atoms with Crippen molar-refractivity contribution in [2.45, 2.75) is 25.8 Å². The van der Waals surface area contributed by atoms with Gasteiger partial charge in [0.15, 0.2) is 0 Å². The normalized spacial score (nSPS) is 14.7. The minimum Gasteiger partial charge on any atom is -0.348 e. The Morgan fingerprint density at radius 2 is 2.19 bits per heavy atom. The second-order valence-corrected chi connectivity index (χ2v) is 3.90. The Morgan fingerprint density at radius 3 is 2.88 bits per heavy atom. The molecule has 0 bridgehead atoms. The van der Waals surface area contributed by atoms with Crippen LogP contribution in [0.1, 0.15) is 24.8 Å². The summed E-state index contributed by atoms with van der Waals surface area (Å²) in [4.78, 5) is 11.6. The summed E-state index contributed by atoms with van der Waals surface area (Å²) in [7, 11) is 0. The van der Waals surface area contributed by atoms with Crippen LogP contribution in [0.3, 0.4) is 0 Å². The number of halogens is 1. The maximum absolute atomic E-state index is 13.3. The lowest BCUT2D eigenvalue weighted by molar-refractivity contribution is -0.117. The fourth-order valence-electron chi connectivity index (χ4n) is 1.81. The summed E-state index contributed by atoms with van der Waals surface area (Å²) in [6.45, 7) is 0.253. The van der Waals surface area contributed by atoms with Gasteiger partial charge in [-0.05, 0) is 25.3 Å². The molecule has 0 fully saturated rings. The highest BCUT2D eigenvalue weighted by molar-refractivity contribution is 5.93. The molecule has 0 aliphatic heterocycles. The van der Waals surface area contributed by atoms with Crippen LogP contribution in [-0.2, 0) is 11.3 Å². The summed E-state index contributed by atoms with van der Waals surface area (Å²) in [5.41, 5.74) is 1.35. The van der Waals surface area contributed by atoms with Gasteiger partial charge >= 0.3 is 0 Å². The maximum Gasteiger partial charge on any atom is 0.247 e. The van der Waals surface area contributed by atoms with E-state index in [9.17, 15) is 9.18 Å². The minimum atomic E-state index is -0.275. The van der Waals surface area contributed by atoms with Gasteiger partial charge in [0.1, 0.15) is 5.82 Å². The first kappa shape index (κ1) is 10.9. The van der Waals surface area contributed by atoms with E-state index in [-0.39, 0.29) is 18.3 Å². The molecule has 0 heterocycles. The highest BCUT2D eigenvalue weighted by atomic mass is 19.1. The second kappa shape index (κ2) is 4.92. The average Bonchev–Trinajstić information content (AvgIpc) is 2.81. The zero-order valence-electron chi connectivity index (χ0n) is 9.00. The van der Waals surface area contributed by atoms with Crippen LogP contribution in [-0.4, -0.2) is 5.91 Å². The molecule has 1 N–H and O–H groups in total. The van der Waals surface area contributed by atoms with Crippen molar-refractivity contribution in [2.75, 3.05) is 0 Å². The van der Waals surface area contributed by atoms with Gasteiger partial charge in [0.05, 0.1) is 0 Å². The Kier molecular flexibility index (Phi) is 3.34. The van der Waals surface area contributed by atoms with E-state index in [0.29, 0.717) is 5.56 Å². The van der Waals surface area contributed by atoms with Crippen molar-refractivity contribution in [3.05, 3.63) is 47.3 Å². The molecule has 1 amide bonds. The van der Waals surface area contributed by atoms with Gasteiger partial charge in [0.2, 0.25) is 5.91 Å². The minimum absolute atomic E-state index is 0.0687. The van der Waals surface area contributed by atoms with Crippen molar-refractivity contribution >= 4 is 5.91 Å². The summed E-state index contributed by atoms with van der Waals surface area (Å²) in [6.07, 6.45) is 4.81. The molecule has 0 spiro atoms. The smallest absolute Gasteiger partial charge is 0.247 e. The fourth-order valence-corrected chi connectivity index (χ4v) is 1.81. The summed E-state index contributed by atoms with van der Waals surface area (Å²) in [5, 5.41) is 2.73. The molecule has 1 aromatic rings. The molecule has 0 atom stereocenters. The van der Waals surface area contributed by atoms with Crippen molar-refractivity contribution in [1.29, 1.82) is 0 Å². The van der Waals surface area contributed by atoms with Crippen molar-refractivity contribution < 1.29 is 9.18 Å². The highest BCUT2D eigenvalue weighted by Crippen LogP contribution is 2.17. The van der Waals surface area contributed by atoms with Crippen molar-refractivity contribution in [3.8, 4) is 0 Å². The molecule has 0 radical (unpaired) electrons. The second-order valence-electron chi connectivity index (χ2n) is 3.90. The third-order valence-corrected chi connectivity index (χ3v) is 2.73. The number of rotatable bonds is 3. The van der Waals surface area contributed by atoms with Crippen molar-refractivity contribution in [3.63, 3.8) is 0 Å². The van der Waals surface area contributed by atoms with Crippen LogP contribution >= 0.6 is 0 Å². The highest BCUT2D eigenvalue weighted by Gasteiger charge is 2.13. The van der Waals surface area contributed by atoms with Crippen LogP contribution in [0.25, 0.3) is 0 Å². The Hall–Kier alpha value is -1.64. The van der Waals surface area contributed by atoms with Crippen LogP contribution in [0, 0.1) is 5.82 Å². The van der Waals surface area contributed by atoms with Gasteiger partial charge in [-0.1, -0.05) is 24.3 Å². The number of benzene rings is 1. The molecule has 0 saturated carbocycles. The third-order valence-electron chi connectivity index (χ3n) is 2.73. The van der Waals surface area contributed by atoms with Gasteiger partial charge in [-0.25, -0.2) is 4.39 Å². The monoisotopic (exact) mass is 219 g/mol. The molecule has 0 saturated heterocycles. The van der Waals surface area contributed by atoms with Gasteiger partial charge in [-0.3, -0.25) is 4.79 Å². The standard InChI is InChI=1S/C13H14FNO/c14-12-8-4-3-7-11(12)9-15-13(16)10-5-1-2-6-10/h3-5,7-8H,1-2,6,9H2,(H,15,16). The van der Waals surface area contributed by atoms with Crippen LogP contribution in [0.4, 0.5) is 4.39 Å². The first-order valence-electron chi connectivity index (χ1n) is 5.48. The molecule has 0 aromatic heterocycles. The summed E-state index contributed by atoms with van der Waals surface area (Å²) >= 11 is 0. The molecular weight excluding hydrogens is 205 g/mol. The molecule has 0 unspecified atom stereocenters. The first-order valence-corrected chi connectivity index (χ1v) is 5.48. The Labute approximate surface area is 94.2 Å². The van der Waals surface area contributed by atoms with Crippen LogP contribution in [0.5, 0.6) is 0 Å². The number of nitrogens with one attached hydrogen (secondary N) is 1. The quantitative estimate of drug-likeness (QED) is 0.831. The van der Waals surface area contributed by atoms with E-state index in [0.717, 1.165) is 24.8 Å². The van der Waals surface area contributed by atoms with Crippen LogP contribution in [0.15, 0.2) is 35.9 Å². The molecule has 3 heteroatoms. The van der Waals surface area contributed by atoms with Crippen molar-refractivity contribution in [2.24, 2.45) is 0 Å². The van der Waals surface area contributed by atoms with Crippen molar-refractivity contribution in [1.82, 2.24) is 5.32 Å². The van der Waals surface area contributed by atoms with Gasteiger partial charge in [-0.15, -0.1) is 0 Å². The lowest BCUT2D eigenvalue weighted by atomic mass is 10.2. The van der Waals surface area contributed by atoms with Crippen LogP contribution < -0.4 is 5.32 Å². The summed E-state index contributed by atoms with van der Waals surface area (Å²) in [6, 6.07) is 6.48. The number of carbonyl (C=O) groups is 1. The Bertz CT molecular complexity index is 426. The zero-order valence-corrected chi connectivity index (χ0v) is 9.00. The predicted molar refractivity (Wildman–Crippen MR) is 60.2 cm³/mol. The Morgan fingerprint density at radius 1 is 1.38 bits per heavy atom. The average molecular weight is 219 g/mol. The number of allylic oxidation sites excluding steroid dienone is 1. The first-order chi connectivity index (χ1) is 7.77. The molecule has 16 heavy (non-hydrogen) atoms. The van der Waals surface area contributed by atoms with Gasteiger partial charge < -0.3 is 5.32 Å². The predicted octanol–water partition coefficient (Wildman–Crippen LogP) is 2.55. The van der Waals surface area contributed by atoms with E-state index >= 15 is 0 Å². The largest absolute Gasteiger partial charge is 0.348 e. The van der Waals surface area contributed by atoms with E-state index in [1.165, 1.54) is 6.07 Å². The van der Waals surface area contributed by atoms with E-state index in [4.69, 9.17) is 0 Å². The van der Waals surface area contributed by atoms with E-state index in [1.807, 2.05) is 6.08 Å². The molecule has 84 valence electrons. The summed E-state index contributed by atoms with van der Waals surface area (Å²) in [5.74, 6) is -0.344. The number of amides is 1. The molecule has 1 aliphatic rings. The SMILES string of the molecule is O=C(NCc1ccccc1F)C1=CCCC1. The van der Waals surface area contributed by atoms with Gasteiger partial charge in [0, 0.05) is 17.7 Å². The fraction of sp³-hybridized carbons (Fsp3) is 0.308. The number of hydrogen-bond acceptors (Lipinski definition) is 1. The van der Waals surface area contributed by atoms with E-state index in [2.05, 4.69) is 5.32 Å². The molecule has 1 aliphatic carbocycles. The van der Waals surface area contributed by atoms with Gasteiger partial charge in [0.25, 0.3) is 0 Å². The topological polar surface area (TPSA) is 29.1 Å². The maximum atomic E-state index is 13.3. The Balaban J connectivity index is 1.92. The summed E-state index contributed by atoms with van der Waals surface area (Å²) < 4.78 is 13.3. The number of carbonyl (C=O) groups excluding carboxylic acids is 1. The lowest BCUT2D eigenvalue weighted by Gasteiger charge is -2.06.